The van der Waals surface area contributed by atoms with Gasteiger partial charge in [0.15, 0.2) is 0 Å². The van der Waals surface area contributed by atoms with Gasteiger partial charge in [-0.25, -0.2) is 0 Å². The van der Waals surface area contributed by atoms with Gasteiger partial charge in [-0.05, 0) is 31.0 Å². The number of rotatable bonds is 3. The lowest BCUT2D eigenvalue weighted by Gasteiger charge is -2.23. The van der Waals surface area contributed by atoms with E-state index in [1.54, 1.807) is 0 Å². The van der Waals surface area contributed by atoms with Crippen molar-refractivity contribution in [2.24, 2.45) is 11.1 Å². The normalized spacial score (nSPS) is 12.2. The average molecular weight is 233 g/mol. The second-order valence-electron chi connectivity index (χ2n) is 5.40. The summed E-state index contributed by atoms with van der Waals surface area (Å²) < 4.78 is 1.99. The SMILES string of the molecule is Cc1cc2ccn(CC(C)(C)CN)c2c(=O)[nH]1. The summed E-state index contributed by atoms with van der Waals surface area (Å²) in [5.74, 6) is 0. The van der Waals surface area contributed by atoms with Crippen LogP contribution in [-0.4, -0.2) is 16.1 Å². The lowest BCUT2D eigenvalue weighted by Crippen LogP contribution is -2.29. The van der Waals surface area contributed by atoms with E-state index in [9.17, 15) is 4.79 Å². The van der Waals surface area contributed by atoms with Gasteiger partial charge < -0.3 is 15.3 Å². The van der Waals surface area contributed by atoms with Crippen LogP contribution in [0.1, 0.15) is 19.5 Å². The average Bonchev–Trinajstić information content (AvgIpc) is 2.60. The number of nitrogens with two attached hydrogens (primary N) is 1. The zero-order valence-electron chi connectivity index (χ0n) is 10.6. The molecule has 0 fully saturated rings. The molecule has 4 nitrogen and oxygen atoms in total. The smallest absolute Gasteiger partial charge is 0.272 e. The summed E-state index contributed by atoms with van der Waals surface area (Å²) in [6.07, 6.45) is 1.96. The van der Waals surface area contributed by atoms with E-state index in [-0.39, 0.29) is 11.0 Å². The molecule has 0 atom stereocenters. The van der Waals surface area contributed by atoms with Crippen molar-refractivity contribution >= 4 is 10.9 Å². The topological polar surface area (TPSA) is 63.8 Å². The first-order chi connectivity index (χ1) is 7.93. The van der Waals surface area contributed by atoms with Crippen LogP contribution < -0.4 is 11.3 Å². The van der Waals surface area contributed by atoms with E-state index < -0.39 is 0 Å². The van der Waals surface area contributed by atoms with Gasteiger partial charge in [0, 0.05) is 23.8 Å². The maximum Gasteiger partial charge on any atom is 0.272 e. The third-order valence-electron chi connectivity index (χ3n) is 3.04. The van der Waals surface area contributed by atoms with E-state index in [1.807, 2.05) is 29.8 Å². The fourth-order valence-electron chi connectivity index (χ4n) is 2.03. The summed E-state index contributed by atoms with van der Waals surface area (Å²) in [7, 11) is 0. The van der Waals surface area contributed by atoms with E-state index in [0.29, 0.717) is 6.54 Å². The van der Waals surface area contributed by atoms with E-state index in [1.165, 1.54) is 0 Å². The molecule has 0 aliphatic carbocycles. The summed E-state index contributed by atoms with van der Waals surface area (Å²) >= 11 is 0. The summed E-state index contributed by atoms with van der Waals surface area (Å²) in [5, 5.41) is 0.985. The van der Waals surface area contributed by atoms with Crippen LogP contribution in [-0.2, 0) is 6.54 Å². The lowest BCUT2D eigenvalue weighted by atomic mass is 9.94. The fraction of sp³-hybridized carbons (Fsp3) is 0.462. The Kier molecular flexibility index (Phi) is 2.83. The Balaban J connectivity index is 2.54. The Morgan fingerprint density at radius 1 is 1.47 bits per heavy atom. The molecule has 0 aliphatic heterocycles. The van der Waals surface area contributed by atoms with Gasteiger partial charge >= 0.3 is 0 Å². The van der Waals surface area contributed by atoms with E-state index >= 15 is 0 Å². The highest BCUT2D eigenvalue weighted by molar-refractivity contribution is 5.79. The highest BCUT2D eigenvalue weighted by Crippen LogP contribution is 2.20. The van der Waals surface area contributed by atoms with Gasteiger partial charge in [0.25, 0.3) is 5.56 Å². The zero-order valence-corrected chi connectivity index (χ0v) is 10.6. The third-order valence-corrected chi connectivity index (χ3v) is 3.04. The summed E-state index contributed by atoms with van der Waals surface area (Å²) in [4.78, 5) is 14.8. The fourth-order valence-corrected chi connectivity index (χ4v) is 2.03. The van der Waals surface area contributed by atoms with E-state index in [2.05, 4.69) is 18.8 Å². The molecule has 0 radical (unpaired) electrons. The Hall–Kier alpha value is -1.55. The lowest BCUT2D eigenvalue weighted by molar-refractivity contribution is 0.322. The molecule has 17 heavy (non-hydrogen) atoms. The second-order valence-corrected chi connectivity index (χ2v) is 5.40. The first-order valence-corrected chi connectivity index (χ1v) is 5.82. The van der Waals surface area contributed by atoms with Crippen LogP contribution in [0.25, 0.3) is 10.9 Å². The molecule has 92 valence electrons. The third kappa shape index (κ3) is 2.26. The first kappa shape index (κ1) is 11.9. The molecule has 3 N–H and O–H groups in total. The number of hydrogen-bond donors (Lipinski definition) is 2. The number of hydrogen-bond acceptors (Lipinski definition) is 2. The van der Waals surface area contributed by atoms with Crippen LogP contribution in [0, 0.1) is 12.3 Å². The summed E-state index contributed by atoms with van der Waals surface area (Å²) in [6, 6.07) is 3.97. The molecular formula is C13H19N3O. The second kappa shape index (κ2) is 4.04. The molecule has 0 bridgehead atoms. The van der Waals surface area contributed by atoms with Gasteiger partial charge in [-0.1, -0.05) is 13.8 Å². The van der Waals surface area contributed by atoms with Crippen LogP contribution in [0.5, 0.6) is 0 Å². The van der Waals surface area contributed by atoms with Gasteiger partial charge in [-0.3, -0.25) is 4.79 Å². The zero-order chi connectivity index (χ0) is 12.6. The standard InChI is InChI=1S/C13H19N3O/c1-9-6-10-4-5-16(8-13(2,3)7-14)11(10)12(17)15-9/h4-6H,7-8,14H2,1-3H3,(H,15,17). The van der Waals surface area contributed by atoms with Crippen molar-refractivity contribution in [2.75, 3.05) is 6.54 Å². The molecule has 0 saturated carbocycles. The molecular weight excluding hydrogens is 214 g/mol. The van der Waals surface area contributed by atoms with Crippen LogP contribution in [0.3, 0.4) is 0 Å². The molecule has 0 saturated heterocycles. The Bertz CT molecular complexity index is 592. The first-order valence-electron chi connectivity index (χ1n) is 5.82. The Morgan fingerprint density at radius 3 is 2.82 bits per heavy atom. The quantitative estimate of drug-likeness (QED) is 0.846. The number of fused-ring (bicyclic) bond motifs is 1. The number of aryl methyl sites for hydroxylation is 1. The van der Waals surface area contributed by atoms with Gasteiger partial charge in [-0.15, -0.1) is 0 Å². The minimum atomic E-state index is -0.0298. The van der Waals surface area contributed by atoms with Gasteiger partial charge in [-0.2, -0.15) is 0 Å². The summed E-state index contributed by atoms with van der Waals surface area (Å²) in [5.41, 5.74) is 7.31. The molecule has 0 unspecified atom stereocenters. The number of H-pyrrole nitrogens is 1. The highest BCUT2D eigenvalue weighted by Gasteiger charge is 2.18. The molecule has 0 spiro atoms. The van der Waals surface area contributed by atoms with Crippen LogP contribution in [0.2, 0.25) is 0 Å². The van der Waals surface area contributed by atoms with Crippen LogP contribution in [0.15, 0.2) is 23.1 Å². The van der Waals surface area contributed by atoms with Gasteiger partial charge in [0.2, 0.25) is 0 Å². The van der Waals surface area contributed by atoms with Crippen molar-refractivity contribution in [1.29, 1.82) is 0 Å². The van der Waals surface area contributed by atoms with Crippen molar-refractivity contribution in [3.8, 4) is 0 Å². The van der Waals surface area contributed by atoms with Crippen molar-refractivity contribution in [3.63, 3.8) is 0 Å². The monoisotopic (exact) mass is 233 g/mol. The predicted molar refractivity (Wildman–Crippen MR) is 70.1 cm³/mol. The van der Waals surface area contributed by atoms with Gasteiger partial charge in [0.1, 0.15) is 5.52 Å². The predicted octanol–water partition coefficient (Wildman–Crippen LogP) is 1.62. The molecule has 2 heterocycles. The molecule has 2 rings (SSSR count). The Labute approximate surface area is 100 Å². The molecule has 2 aromatic rings. The summed E-state index contributed by atoms with van der Waals surface area (Å²) in [6.45, 7) is 7.43. The minimum Gasteiger partial charge on any atom is -0.342 e. The highest BCUT2D eigenvalue weighted by atomic mass is 16.1. The number of pyridine rings is 1. The Morgan fingerprint density at radius 2 is 2.18 bits per heavy atom. The number of aromatic nitrogens is 2. The largest absolute Gasteiger partial charge is 0.342 e. The van der Waals surface area contributed by atoms with Crippen LogP contribution >= 0.6 is 0 Å². The molecule has 0 amide bonds. The minimum absolute atomic E-state index is 0.0106. The maximum atomic E-state index is 11.9. The van der Waals surface area contributed by atoms with Crippen LogP contribution in [0.4, 0.5) is 0 Å². The van der Waals surface area contributed by atoms with Crippen molar-refractivity contribution in [3.05, 3.63) is 34.4 Å². The van der Waals surface area contributed by atoms with Crippen molar-refractivity contribution in [1.82, 2.24) is 9.55 Å². The van der Waals surface area contributed by atoms with Crippen molar-refractivity contribution < 1.29 is 0 Å². The molecule has 2 aromatic heterocycles. The molecule has 4 heteroatoms. The van der Waals surface area contributed by atoms with E-state index in [0.717, 1.165) is 23.1 Å². The van der Waals surface area contributed by atoms with Crippen molar-refractivity contribution in [2.45, 2.75) is 27.3 Å². The van der Waals surface area contributed by atoms with Gasteiger partial charge in [0.05, 0.1) is 0 Å². The molecule has 0 aromatic carbocycles. The maximum absolute atomic E-state index is 11.9. The number of nitrogens with zero attached hydrogens (tertiary/aromatic N) is 1. The number of nitrogens with one attached hydrogen (secondary N) is 1. The molecule has 0 aliphatic rings. The van der Waals surface area contributed by atoms with E-state index in [4.69, 9.17) is 5.73 Å². The number of aromatic amines is 1.